The molecule has 3 unspecified atom stereocenters. The molecule has 0 aliphatic heterocycles. The van der Waals surface area contributed by atoms with Gasteiger partial charge in [0.15, 0.2) is 0 Å². The Kier molecular flexibility index (Phi) is 29.3. The van der Waals surface area contributed by atoms with Gasteiger partial charge in [-0.3, -0.25) is 9.59 Å². The van der Waals surface area contributed by atoms with E-state index in [2.05, 4.69) is 82.1 Å². The number of amides is 1. The summed E-state index contributed by atoms with van der Waals surface area (Å²) in [7, 11) is 0. The first-order valence-electron chi connectivity index (χ1n) is 22.8. The van der Waals surface area contributed by atoms with Crippen LogP contribution in [-0.2, 0) is 19.1 Å². The molecule has 320 valence electrons. The van der Waals surface area contributed by atoms with E-state index in [1.807, 2.05) is 4.90 Å². The number of hydrogen-bond acceptors (Lipinski definition) is 6. The van der Waals surface area contributed by atoms with Crippen molar-refractivity contribution in [3.05, 3.63) is 60.9 Å². The summed E-state index contributed by atoms with van der Waals surface area (Å²) in [4.78, 5) is 40.6. The van der Waals surface area contributed by atoms with Crippen molar-refractivity contribution in [1.29, 1.82) is 0 Å². The van der Waals surface area contributed by atoms with Gasteiger partial charge in [-0.25, -0.2) is 0 Å². The second-order valence-electron chi connectivity index (χ2n) is 16.6. The maximum Gasteiger partial charge on any atom is 0.305 e. The highest BCUT2D eigenvalue weighted by Crippen LogP contribution is 2.44. The summed E-state index contributed by atoms with van der Waals surface area (Å²) in [6.07, 6.45) is 42.5. The van der Waals surface area contributed by atoms with Crippen LogP contribution < -0.4 is 11.1 Å². The average Bonchev–Trinajstić information content (AvgIpc) is 3.47. The number of unbranched alkanes of at least 4 members (excludes halogenated alkanes) is 9. The van der Waals surface area contributed by atoms with Crippen LogP contribution in [0.15, 0.2) is 60.9 Å². The minimum absolute atomic E-state index is 0.0203. The van der Waals surface area contributed by atoms with Crippen molar-refractivity contribution in [2.45, 2.75) is 206 Å². The quantitative estimate of drug-likeness (QED) is 0.0400. The molecule has 7 nitrogen and oxygen atoms in total. The minimum Gasteiger partial charge on any atom is -0.466 e. The van der Waals surface area contributed by atoms with E-state index in [0.717, 1.165) is 70.6 Å². The monoisotopic (exact) mass is 780 g/mol. The molecule has 1 saturated carbocycles. The third-order valence-electron chi connectivity index (χ3n) is 11.2. The largest absolute Gasteiger partial charge is 0.466 e. The van der Waals surface area contributed by atoms with Gasteiger partial charge < -0.3 is 25.5 Å². The van der Waals surface area contributed by atoms with Gasteiger partial charge in [-0.15, -0.1) is 0 Å². The number of ether oxygens (including phenoxy) is 1. The Bertz CT molecular complexity index is 1210. The van der Waals surface area contributed by atoms with Crippen LogP contribution in [0.5, 0.6) is 0 Å². The molecule has 2 aliphatic carbocycles. The van der Waals surface area contributed by atoms with E-state index in [9.17, 15) is 14.4 Å². The summed E-state index contributed by atoms with van der Waals surface area (Å²) in [6, 6.07) is 0. The molecule has 1 amide bonds. The SMILES string of the molecule is C=CN(CCCN)C(CCCC(C)=O)(CCCC(=O)OCCCCC)C(=O)NC12CC=C(CC(C)C1)C2.CC/C=C\C/C=C\C/C=C\CCCCCCCCC. The predicted molar refractivity (Wildman–Crippen MR) is 238 cm³/mol. The van der Waals surface area contributed by atoms with E-state index < -0.39 is 5.54 Å². The molecule has 2 bridgehead atoms. The molecule has 7 heteroatoms. The molecule has 0 heterocycles. The van der Waals surface area contributed by atoms with Crippen LogP contribution in [0.2, 0.25) is 0 Å². The molecule has 0 radical (unpaired) electrons. The highest BCUT2D eigenvalue weighted by molar-refractivity contribution is 5.87. The molecule has 56 heavy (non-hydrogen) atoms. The lowest BCUT2D eigenvalue weighted by Crippen LogP contribution is -2.62. The Balaban J connectivity index is 0.000000696. The van der Waals surface area contributed by atoms with Crippen LogP contribution >= 0.6 is 0 Å². The average molecular weight is 780 g/mol. The molecule has 0 aromatic heterocycles. The van der Waals surface area contributed by atoms with E-state index in [1.54, 1.807) is 13.1 Å². The van der Waals surface area contributed by atoms with Crippen LogP contribution in [0.4, 0.5) is 0 Å². The Hall–Kier alpha value is -2.93. The van der Waals surface area contributed by atoms with E-state index in [4.69, 9.17) is 10.5 Å². The Morgan fingerprint density at radius 3 is 2.14 bits per heavy atom. The fourth-order valence-corrected chi connectivity index (χ4v) is 8.24. The summed E-state index contributed by atoms with van der Waals surface area (Å²) < 4.78 is 5.41. The molecule has 0 spiro atoms. The van der Waals surface area contributed by atoms with E-state index in [1.165, 1.54) is 56.9 Å². The Labute approximate surface area is 344 Å². The van der Waals surface area contributed by atoms with Gasteiger partial charge in [-0.1, -0.05) is 134 Å². The van der Waals surface area contributed by atoms with Crippen LogP contribution in [-0.4, -0.2) is 53.3 Å². The van der Waals surface area contributed by atoms with Gasteiger partial charge in [-0.2, -0.15) is 0 Å². The molecule has 1 fully saturated rings. The zero-order chi connectivity index (χ0) is 41.3. The van der Waals surface area contributed by atoms with Crippen LogP contribution in [0.1, 0.15) is 195 Å². The minimum atomic E-state index is -0.896. The Morgan fingerprint density at radius 2 is 1.50 bits per heavy atom. The maximum absolute atomic E-state index is 14.3. The predicted octanol–water partition coefficient (Wildman–Crippen LogP) is 12.2. The van der Waals surface area contributed by atoms with Crippen molar-refractivity contribution in [3.63, 3.8) is 0 Å². The molecule has 3 N–H and O–H groups in total. The first kappa shape index (κ1) is 51.1. The van der Waals surface area contributed by atoms with Gasteiger partial charge in [0.1, 0.15) is 11.3 Å². The molecule has 3 atom stereocenters. The first-order valence-corrected chi connectivity index (χ1v) is 22.8. The molecule has 0 saturated heterocycles. The van der Waals surface area contributed by atoms with E-state index >= 15 is 0 Å². The molecular formula is C49H85N3O4. The lowest BCUT2D eigenvalue weighted by molar-refractivity contribution is -0.145. The lowest BCUT2D eigenvalue weighted by Gasteiger charge is -2.46. The van der Waals surface area contributed by atoms with Gasteiger partial charge in [0.2, 0.25) is 5.91 Å². The Morgan fingerprint density at radius 1 is 0.875 bits per heavy atom. The van der Waals surface area contributed by atoms with Gasteiger partial charge >= 0.3 is 5.97 Å². The van der Waals surface area contributed by atoms with E-state index in [-0.39, 0.29) is 29.6 Å². The molecule has 0 aromatic carbocycles. The van der Waals surface area contributed by atoms with Crippen molar-refractivity contribution < 1.29 is 19.1 Å². The van der Waals surface area contributed by atoms with Crippen LogP contribution in [0.3, 0.4) is 0 Å². The number of esters is 1. The maximum atomic E-state index is 14.3. The highest BCUT2D eigenvalue weighted by Gasteiger charge is 2.48. The summed E-state index contributed by atoms with van der Waals surface area (Å²) in [6.45, 7) is 16.0. The lowest BCUT2D eigenvalue weighted by atomic mass is 9.76. The van der Waals surface area contributed by atoms with Gasteiger partial charge in [0.05, 0.1) is 6.61 Å². The third kappa shape index (κ3) is 22.1. The second kappa shape index (κ2) is 32.1. The second-order valence-corrected chi connectivity index (χ2v) is 16.6. The van der Waals surface area contributed by atoms with Crippen LogP contribution in [0.25, 0.3) is 0 Å². The third-order valence-corrected chi connectivity index (χ3v) is 11.2. The molecule has 0 aromatic rings. The first-order chi connectivity index (χ1) is 27.1. The number of ketones is 1. The number of carbonyl (C=O) groups excluding carboxylic acids is 3. The van der Waals surface area contributed by atoms with Gasteiger partial charge in [-0.05, 0) is 122 Å². The summed E-state index contributed by atoms with van der Waals surface area (Å²) in [5, 5.41) is 3.50. The fraction of sp³-hybridized carbons (Fsp3) is 0.735. The number of nitrogens with zero attached hydrogens (tertiary/aromatic N) is 1. The number of Topliss-reactive ketones (excluding diaryl/α,β-unsaturated/α-hetero) is 1. The summed E-state index contributed by atoms with van der Waals surface area (Å²) in [5.41, 5.74) is 6.14. The van der Waals surface area contributed by atoms with Crippen molar-refractivity contribution in [1.82, 2.24) is 10.2 Å². The van der Waals surface area contributed by atoms with Crippen molar-refractivity contribution >= 4 is 17.7 Å². The number of rotatable bonds is 32. The topological polar surface area (TPSA) is 102 Å². The van der Waals surface area contributed by atoms with Crippen LogP contribution in [0, 0.1) is 5.92 Å². The molecule has 2 rings (SSSR count). The fourth-order valence-electron chi connectivity index (χ4n) is 8.24. The zero-order valence-corrected chi connectivity index (χ0v) is 36.9. The van der Waals surface area contributed by atoms with Crippen molar-refractivity contribution in [2.24, 2.45) is 11.7 Å². The smallest absolute Gasteiger partial charge is 0.305 e. The number of nitrogens with two attached hydrogens (primary N) is 1. The summed E-state index contributed by atoms with van der Waals surface area (Å²) in [5.74, 6) is 0.408. The standard InChI is InChI=1S/C30H51N3O4.C19H34/c1-5-7-8-20-37-27(35)13-10-16-30(15-9-12-25(4)34,33(6-2)19-11-18-31)28(36)32-29-17-14-26(23-29)21-24(3)22-29;1-3-5-7-9-11-13-15-17-19-18-16-14-12-10-8-6-4-2/h6,14,24H,2,5,7-13,15-23,31H2,1,3-4H3,(H,32,36);5,7,11,13,17,19H,3-4,6,8-10,12,14-16,18H2,1-2H3/b;7-5-,13-11-,19-17-. The van der Waals surface area contributed by atoms with Gasteiger partial charge in [0.25, 0.3) is 0 Å². The normalized spacial score (nSPS) is 18.8. The van der Waals surface area contributed by atoms with E-state index in [0.29, 0.717) is 57.7 Å². The number of hydrogen-bond donors (Lipinski definition) is 2. The molecular weight excluding hydrogens is 695 g/mol. The number of fused-ring (bicyclic) bond motifs is 2. The van der Waals surface area contributed by atoms with Crippen molar-refractivity contribution in [2.75, 3.05) is 19.7 Å². The summed E-state index contributed by atoms with van der Waals surface area (Å²) >= 11 is 0. The molecule has 2 aliphatic rings. The van der Waals surface area contributed by atoms with Crippen molar-refractivity contribution in [3.8, 4) is 0 Å². The number of allylic oxidation sites excluding steroid dienone is 6. The highest BCUT2D eigenvalue weighted by atomic mass is 16.5. The number of nitrogens with one attached hydrogen (secondary N) is 1. The van der Waals surface area contributed by atoms with Gasteiger partial charge in [0, 0.05) is 24.9 Å². The number of carbonyl (C=O) groups is 3. The zero-order valence-electron chi connectivity index (χ0n) is 36.9.